The summed E-state index contributed by atoms with van der Waals surface area (Å²) in [5.41, 5.74) is 3.72. The normalized spacial score (nSPS) is 14.8. The number of nitrogens with one attached hydrogen (secondary N) is 1. The Morgan fingerprint density at radius 2 is 1.85 bits per heavy atom. The van der Waals surface area contributed by atoms with E-state index in [1.54, 1.807) is 17.0 Å². The van der Waals surface area contributed by atoms with Crippen molar-refractivity contribution < 1.29 is 14.5 Å². The number of benzene rings is 3. The van der Waals surface area contributed by atoms with Gasteiger partial charge in [-0.25, -0.2) is 0 Å². The minimum absolute atomic E-state index is 0.0414. The van der Waals surface area contributed by atoms with E-state index >= 15 is 0 Å². The molecule has 1 unspecified atom stereocenters. The largest absolute Gasteiger partial charge is 0.494 e. The van der Waals surface area contributed by atoms with Crippen molar-refractivity contribution in [2.75, 3.05) is 11.5 Å². The number of nitrogens with zero attached hydrogens (tertiary/aromatic N) is 3. The SMILES string of the molecule is CCOc1ccc(-c2n[nH]c3c2C(c2cccc([N+](=O)[O-])c2)N(c2ccc(Br)cc2)C3=O)cc1. The number of aromatic nitrogens is 2. The number of nitro benzene ring substituents is 1. The van der Waals surface area contributed by atoms with Gasteiger partial charge < -0.3 is 4.74 Å². The van der Waals surface area contributed by atoms with Crippen LogP contribution < -0.4 is 9.64 Å². The number of amides is 1. The van der Waals surface area contributed by atoms with Crippen LogP contribution in [0.4, 0.5) is 11.4 Å². The van der Waals surface area contributed by atoms with Gasteiger partial charge in [0, 0.05) is 33.4 Å². The molecule has 0 spiro atoms. The van der Waals surface area contributed by atoms with Crippen LogP contribution in [0.15, 0.2) is 77.3 Å². The van der Waals surface area contributed by atoms with Crippen LogP contribution in [0.2, 0.25) is 0 Å². The zero-order valence-corrected chi connectivity index (χ0v) is 19.7. The van der Waals surface area contributed by atoms with Gasteiger partial charge in [0.15, 0.2) is 0 Å². The molecule has 170 valence electrons. The molecule has 0 aliphatic carbocycles. The van der Waals surface area contributed by atoms with Gasteiger partial charge in [0.2, 0.25) is 0 Å². The van der Waals surface area contributed by atoms with Crippen molar-refractivity contribution in [1.29, 1.82) is 0 Å². The number of H-pyrrole nitrogens is 1. The van der Waals surface area contributed by atoms with Gasteiger partial charge in [-0.3, -0.25) is 24.9 Å². The molecule has 9 heteroatoms. The van der Waals surface area contributed by atoms with Crippen LogP contribution in [0.5, 0.6) is 5.75 Å². The Bertz CT molecular complexity index is 1380. The standard InChI is InChI=1S/C25H19BrN4O4/c1-2-34-20-12-6-15(7-13-20)22-21-23(28-27-22)25(31)29(18-10-8-17(26)9-11-18)24(21)16-4-3-5-19(14-16)30(32)33/h3-14,24H,2H2,1H3,(H,27,28). The number of anilines is 1. The van der Waals surface area contributed by atoms with Crippen LogP contribution in [-0.2, 0) is 0 Å². The van der Waals surface area contributed by atoms with Gasteiger partial charge in [0.1, 0.15) is 11.4 Å². The van der Waals surface area contributed by atoms with Crippen molar-refractivity contribution in [3.05, 3.63) is 104 Å². The van der Waals surface area contributed by atoms with Crippen molar-refractivity contribution in [2.45, 2.75) is 13.0 Å². The van der Waals surface area contributed by atoms with Crippen LogP contribution in [0.3, 0.4) is 0 Å². The summed E-state index contributed by atoms with van der Waals surface area (Å²) in [5.74, 6) is 0.486. The molecule has 34 heavy (non-hydrogen) atoms. The molecule has 1 aliphatic rings. The molecule has 1 aromatic heterocycles. The third-order valence-corrected chi connectivity index (χ3v) is 6.24. The Kier molecular flexibility index (Phi) is 5.62. The maximum absolute atomic E-state index is 13.6. The van der Waals surface area contributed by atoms with Crippen molar-refractivity contribution >= 4 is 33.2 Å². The Balaban J connectivity index is 1.68. The topological polar surface area (TPSA) is 101 Å². The molecule has 0 bridgehead atoms. The Labute approximate surface area is 203 Å². The first-order chi connectivity index (χ1) is 16.5. The quantitative estimate of drug-likeness (QED) is 0.253. The van der Waals surface area contributed by atoms with Crippen LogP contribution in [0.1, 0.15) is 34.6 Å². The predicted molar refractivity (Wildman–Crippen MR) is 131 cm³/mol. The summed E-state index contributed by atoms with van der Waals surface area (Å²) in [6, 6.07) is 20.6. The Hall–Kier alpha value is -3.98. The van der Waals surface area contributed by atoms with Gasteiger partial charge in [-0.05, 0) is 61.0 Å². The summed E-state index contributed by atoms with van der Waals surface area (Å²) in [5, 5.41) is 18.8. The number of aromatic amines is 1. The third-order valence-electron chi connectivity index (χ3n) is 5.71. The van der Waals surface area contributed by atoms with Crippen LogP contribution >= 0.6 is 15.9 Å². The highest BCUT2D eigenvalue weighted by Gasteiger charge is 2.43. The number of hydrogen-bond donors (Lipinski definition) is 1. The van der Waals surface area contributed by atoms with Gasteiger partial charge in [0.25, 0.3) is 11.6 Å². The van der Waals surface area contributed by atoms with E-state index in [-0.39, 0.29) is 11.6 Å². The number of carbonyl (C=O) groups is 1. The van der Waals surface area contributed by atoms with E-state index in [0.717, 1.165) is 15.8 Å². The molecule has 1 N–H and O–H groups in total. The van der Waals surface area contributed by atoms with E-state index in [0.29, 0.717) is 34.8 Å². The highest BCUT2D eigenvalue weighted by molar-refractivity contribution is 9.10. The highest BCUT2D eigenvalue weighted by atomic mass is 79.9. The molecule has 0 fully saturated rings. The summed E-state index contributed by atoms with van der Waals surface area (Å²) in [6.07, 6.45) is 0. The molecule has 0 saturated heterocycles. The number of non-ortho nitro benzene ring substituents is 1. The van der Waals surface area contributed by atoms with E-state index in [1.165, 1.54) is 12.1 Å². The number of halogens is 1. The molecule has 3 aromatic carbocycles. The molecular formula is C25H19BrN4O4. The van der Waals surface area contributed by atoms with Crippen molar-refractivity contribution in [3.8, 4) is 17.0 Å². The number of nitro groups is 1. The smallest absolute Gasteiger partial charge is 0.277 e. The molecule has 2 heterocycles. The summed E-state index contributed by atoms with van der Waals surface area (Å²) < 4.78 is 6.42. The lowest BCUT2D eigenvalue weighted by molar-refractivity contribution is -0.384. The number of carbonyl (C=O) groups excluding carboxylic acids is 1. The zero-order chi connectivity index (χ0) is 23.8. The van der Waals surface area contributed by atoms with Crippen molar-refractivity contribution in [3.63, 3.8) is 0 Å². The fourth-order valence-corrected chi connectivity index (χ4v) is 4.50. The molecule has 1 atom stereocenters. The minimum Gasteiger partial charge on any atom is -0.494 e. The van der Waals surface area contributed by atoms with Crippen LogP contribution in [0.25, 0.3) is 11.3 Å². The Morgan fingerprint density at radius 1 is 1.12 bits per heavy atom. The average Bonchev–Trinajstić information content (AvgIpc) is 3.39. The predicted octanol–water partition coefficient (Wildman–Crippen LogP) is 5.90. The highest BCUT2D eigenvalue weighted by Crippen LogP contribution is 2.45. The summed E-state index contributed by atoms with van der Waals surface area (Å²) in [6.45, 7) is 2.48. The van der Waals surface area contributed by atoms with Gasteiger partial charge in [-0.1, -0.05) is 28.1 Å². The van der Waals surface area contributed by atoms with Crippen molar-refractivity contribution in [2.24, 2.45) is 0 Å². The monoisotopic (exact) mass is 518 g/mol. The van der Waals surface area contributed by atoms with Gasteiger partial charge >= 0.3 is 0 Å². The molecule has 1 aliphatic heterocycles. The number of ether oxygens (including phenoxy) is 1. The summed E-state index contributed by atoms with van der Waals surface area (Å²) >= 11 is 3.43. The number of rotatable bonds is 6. The first-order valence-corrected chi connectivity index (χ1v) is 11.4. The maximum Gasteiger partial charge on any atom is 0.277 e. The number of hydrogen-bond acceptors (Lipinski definition) is 5. The fourth-order valence-electron chi connectivity index (χ4n) is 4.23. The first kappa shape index (κ1) is 21.8. The van der Waals surface area contributed by atoms with Gasteiger partial charge in [-0.15, -0.1) is 0 Å². The van der Waals surface area contributed by atoms with Crippen molar-refractivity contribution in [1.82, 2.24) is 10.2 Å². The third kappa shape index (κ3) is 3.73. The lowest BCUT2D eigenvalue weighted by Crippen LogP contribution is -2.29. The lowest BCUT2D eigenvalue weighted by atomic mass is 9.95. The van der Waals surface area contributed by atoms with E-state index in [9.17, 15) is 14.9 Å². The molecule has 0 saturated carbocycles. The average molecular weight is 519 g/mol. The fraction of sp³-hybridized carbons (Fsp3) is 0.120. The second-order valence-electron chi connectivity index (χ2n) is 7.72. The lowest BCUT2D eigenvalue weighted by Gasteiger charge is -2.26. The zero-order valence-electron chi connectivity index (χ0n) is 18.1. The van der Waals surface area contributed by atoms with E-state index in [4.69, 9.17) is 4.74 Å². The molecule has 0 radical (unpaired) electrons. The molecule has 8 nitrogen and oxygen atoms in total. The van der Waals surface area contributed by atoms with E-state index in [2.05, 4.69) is 26.1 Å². The van der Waals surface area contributed by atoms with Crippen LogP contribution in [-0.4, -0.2) is 27.6 Å². The van der Waals surface area contributed by atoms with Crippen LogP contribution in [0, 0.1) is 10.1 Å². The second-order valence-corrected chi connectivity index (χ2v) is 8.64. The molecule has 1 amide bonds. The van der Waals surface area contributed by atoms with Gasteiger partial charge in [-0.2, -0.15) is 5.10 Å². The van der Waals surface area contributed by atoms with Gasteiger partial charge in [0.05, 0.1) is 23.3 Å². The second kappa shape index (κ2) is 8.75. The summed E-state index contributed by atoms with van der Waals surface area (Å²) in [4.78, 5) is 26.2. The Morgan fingerprint density at radius 3 is 2.53 bits per heavy atom. The molecule has 5 rings (SSSR count). The first-order valence-electron chi connectivity index (χ1n) is 10.6. The molecular weight excluding hydrogens is 500 g/mol. The minimum atomic E-state index is -0.594. The molecule has 4 aromatic rings. The number of fused-ring (bicyclic) bond motifs is 1. The van der Waals surface area contributed by atoms with E-state index in [1.807, 2.05) is 55.5 Å². The van der Waals surface area contributed by atoms with E-state index < -0.39 is 11.0 Å². The summed E-state index contributed by atoms with van der Waals surface area (Å²) in [7, 11) is 0. The maximum atomic E-state index is 13.6.